The van der Waals surface area contributed by atoms with E-state index < -0.39 is 11.6 Å². The van der Waals surface area contributed by atoms with Gasteiger partial charge in [0.05, 0.1) is 5.52 Å². The van der Waals surface area contributed by atoms with Gasteiger partial charge in [-0.15, -0.1) is 0 Å². The van der Waals surface area contributed by atoms with Crippen LogP contribution in [0.4, 0.5) is 14.5 Å². The molecule has 2 aromatic rings. The minimum absolute atomic E-state index is 0.492. The van der Waals surface area contributed by atoms with Crippen LogP contribution < -0.4 is 5.32 Å². The first-order valence-corrected chi connectivity index (χ1v) is 6.18. The summed E-state index contributed by atoms with van der Waals surface area (Å²) in [5.74, 6) is -1.70. The Morgan fingerprint density at radius 3 is 2.50 bits per heavy atom. The lowest BCUT2D eigenvalue weighted by atomic mass is 10.1. The van der Waals surface area contributed by atoms with Crippen molar-refractivity contribution in [2.75, 3.05) is 11.9 Å². The van der Waals surface area contributed by atoms with Crippen molar-refractivity contribution >= 4 is 16.6 Å². The Hall–Kier alpha value is -1.71. The molecule has 1 N–H and O–H groups in total. The predicted molar refractivity (Wildman–Crippen MR) is 69.8 cm³/mol. The average Bonchev–Trinajstić information content (AvgIpc) is 2.37. The van der Waals surface area contributed by atoms with E-state index in [-0.39, 0.29) is 0 Å². The molecule has 0 unspecified atom stereocenters. The first-order chi connectivity index (χ1) is 8.65. The van der Waals surface area contributed by atoms with Crippen LogP contribution in [-0.4, -0.2) is 11.5 Å². The molecule has 0 radical (unpaired) electrons. The van der Waals surface area contributed by atoms with E-state index in [1.807, 2.05) is 13.0 Å². The van der Waals surface area contributed by atoms with E-state index in [0.29, 0.717) is 10.9 Å². The first-order valence-electron chi connectivity index (χ1n) is 6.18. The van der Waals surface area contributed by atoms with Crippen LogP contribution in [0.15, 0.2) is 18.2 Å². The lowest BCUT2D eigenvalue weighted by Gasteiger charge is -2.11. The summed E-state index contributed by atoms with van der Waals surface area (Å²) in [6.07, 6.45) is 1.73. The third-order valence-electron chi connectivity index (χ3n) is 2.83. The van der Waals surface area contributed by atoms with Gasteiger partial charge in [-0.25, -0.2) is 8.78 Å². The second-order valence-corrected chi connectivity index (χ2v) is 4.22. The summed E-state index contributed by atoms with van der Waals surface area (Å²) in [4.78, 5) is 4.32. The van der Waals surface area contributed by atoms with Gasteiger partial charge in [0, 0.05) is 29.4 Å². The van der Waals surface area contributed by atoms with E-state index in [0.717, 1.165) is 36.8 Å². The van der Waals surface area contributed by atoms with Gasteiger partial charge in [-0.05, 0) is 25.0 Å². The lowest BCUT2D eigenvalue weighted by Crippen LogP contribution is -2.03. The van der Waals surface area contributed by atoms with Crippen molar-refractivity contribution in [1.82, 2.24) is 4.98 Å². The smallest absolute Gasteiger partial charge is 0.161 e. The highest BCUT2D eigenvalue weighted by Gasteiger charge is 2.10. The van der Waals surface area contributed by atoms with Crippen LogP contribution >= 0.6 is 0 Å². The van der Waals surface area contributed by atoms with Gasteiger partial charge < -0.3 is 5.32 Å². The minimum Gasteiger partial charge on any atom is -0.384 e. The molecule has 1 aromatic heterocycles. The fraction of sp³-hybridized carbons (Fsp3) is 0.357. The fourth-order valence-electron chi connectivity index (χ4n) is 1.86. The van der Waals surface area contributed by atoms with Crippen LogP contribution in [0, 0.1) is 11.6 Å². The Bertz CT molecular complexity index is 567. The second kappa shape index (κ2) is 5.29. The zero-order valence-electron chi connectivity index (χ0n) is 10.6. The SMILES string of the molecule is CCCNc1cc(CC)nc2cc(F)c(F)cc12. The van der Waals surface area contributed by atoms with Crippen molar-refractivity contribution in [3.63, 3.8) is 0 Å². The van der Waals surface area contributed by atoms with E-state index in [2.05, 4.69) is 17.2 Å². The van der Waals surface area contributed by atoms with Gasteiger partial charge in [0.15, 0.2) is 11.6 Å². The molecule has 0 amide bonds. The predicted octanol–water partition coefficient (Wildman–Crippen LogP) is 3.90. The van der Waals surface area contributed by atoms with Gasteiger partial charge >= 0.3 is 0 Å². The van der Waals surface area contributed by atoms with E-state index >= 15 is 0 Å². The van der Waals surface area contributed by atoms with Crippen molar-refractivity contribution in [2.45, 2.75) is 26.7 Å². The third-order valence-corrected chi connectivity index (χ3v) is 2.83. The zero-order valence-corrected chi connectivity index (χ0v) is 10.6. The molecule has 4 heteroatoms. The Kier molecular flexibility index (Phi) is 3.75. The summed E-state index contributed by atoms with van der Waals surface area (Å²) in [6.45, 7) is 4.83. The van der Waals surface area contributed by atoms with Crippen LogP contribution in [0.1, 0.15) is 26.0 Å². The summed E-state index contributed by atoms with van der Waals surface area (Å²) in [5, 5.41) is 3.85. The molecule has 0 aliphatic heterocycles. The molecule has 0 saturated heterocycles. The number of anilines is 1. The number of benzene rings is 1. The van der Waals surface area contributed by atoms with Crippen LogP contribution in [0.25, 0.3) is 10.9 Å². The molecule has 0 fully saturated rings. The Labute approximate surface area is 105 Å². The van der Waals surface area contributed by atoms with Crippen molar-refractivity contribution in [3.8, 4) is 0 Å². The van der Waals surface area contributed by atoms with Crippen LogP contribution in [0.2, 0.25) is 0 Å². The van der Waals surface area contributed by atoms with Crippen molar-refractivity contribution < 1.29 is 8.78 Å². The number of nitrogens with zero attached hydrogens (tertiary/aromatic N) is 1. The minimum atomic E-state index is -0.857. The molecule has 1 aromatic carbocycles. The molecule has 0 saturated carbocycles. The zero-order chi connectivity index (χ0) is 13.1. The molecule has 0 spiro atoms. The number of aryl methyl sites for hydroxylation is 1. The van der Waals surface area contributed by atoms with Gasteiger partial charge in [0.2, 0.25) is 0 Å². The number of rotatable bonds is 4. The topological polar surface area (TPSA) is 24.9 Å². The number of hydrogen-bond acceptors (Lipinski definition) is 2. The molecule has 2 rings (SSSR count). The highest BCUT2D eigenvalue weighted by atomic mass is 19.2. The van der Waals surface area contributed by atoms with E-state index in [1.165, 1.54) is 6.07 Å². The highest BCUT2D eigenvalue weighted by Crippen LogP contribution is 2.26. The largest absolute Gasteiger partial charge is 0.384 e. The second-order valence-electron chi connectivity index (χ2n) is 4.22. The number of fused-ring (bicyclic) bond motifs is 1. The highest BCUT2D eigenvalue weighted by molar-refractivity contribution is 5.91. The normalized spacial score (nSPS) is 10.9. The standard InChI is InChI=1S/C14H16F2N2/c1-3-5-17-13-6-9(4-2)18-14-8-12(16)11(15)7-10(13)14/h6-8H,3-5H2,1-2H3,(H,17,18). The summed E-state index contributed by atoms with van der Waals surface area (Å²) in [6, 6.07) is 4.26. The maximum absolute atomic E-state index is 13.3. The van der Waals surface area contributed by atoms with Gasteiger partial charge in [0.1, 0.15) is 0 Å². The number of halogens is 2. The van der Waals surface area contributed by atoms with Crippen LogP contribution in [-0.2, 0) is 6.42 Å². The fourth-order valence-corrected chi connectivity index (χ4v) is 1.86. The molecule has 0 atom stereocenters. The number of pyridine rings is 1. The molecule has 18 heavy (non-hydrogen) atoms. The summed E-state index contributed by atoms with van der Waals surface area (Å²) >= 11 is 0. The lowest BCUT2D eigenvalue weighted by molar-refractivity contribution is 0.510. The molecule has 2 nitrogen and oxygen atoms in total. The van der Waals surface area contributed by atoms with Gasteiger partial charge in [0.25, 0.3) is 0 Å². The van der Waals surface area contributed by atoms with Crippen LogP contribution in [0.3, 0.4) is 0 Å². The maximum Gasteiger partial charge on any atom is 0.161 e. The quantitative estimate of drug-likeness (QED) is 0.890. The van der Waals surface area contributed by atoms with Gasteiger partial charge in [-0.3, -0.25) is 4.98 Å². The average molecular weight is 250 g/mol. The Balaban J connectivity index is 2.61. The number of nitrogens with one attached hydrogen (secondary N) is 1. The first kappa shape index (κ1) is 12.7. The maximum atomic E-state index is 13.3. The molecular weight excluding hydrogens is 234 g/mol. The number of hydrogen-bond donors (Lipinski definition) is 1. The number of aromatic nitrogens is 1. The Morgan fingerprint density at radius 2 is 1.83 bits per heavy atom. The van der Waals surface area contributed by atoms with Gasteiger partial charge in [-0.2, -0.15) is 0 Å². The van der Waals surface area contributed by atoms with Gasteiger partial charge in [-0.1, -0.05) is 13.8 Å². The molecular formula is C14H16F2N2. The molecule has 0 aliphatic rings. The molecule has 96 valence electrons. The summed E-state index contributed by atoms with van der Waals surface area (Å²) in [5.41, 5.74) is 2.18. The molecule has 1 heterocycles. The molecule has 0 aliphatic carbocycles. The monoisotopic (exact) mass is 250 g/mol. The van der Waals surface area contributed by atoms with Crippen molar-refractivity contribution in [1.29, 1.82) is 0 Å². The van der Waals surface area contributed by atoms with E-state index in [9.17, 15) is 8.78 Å². The van der Waals surface area contributed by atoms with E-state index in [4.69, 9.17) is 0 Å². The van der Waals surface area contributed by atoms with Crippen LogP contribution in [0.5, 0.6) is 0 Å². The summed E-state index contributed by atoms with van der Waals surface area (Å²) < 4.78 is 26.5. The van der Waals surface area contributed by atoms with Crippen molar-refractivity contribution in [3.05, 3.63) is 35.5 Å². The summed E-state index contributed by atoms with van der Waals surface area (Å²) in [7, 11) is 0. The van der Waals surface area contributed by atoms with E-state index in [1.54, 1.807) is 0 Å². The van der Waals surface area contributed by atoms with Crippen molar-refractivity contribution in [2.24, 2.45) is 0 Å². The third kappa shape index (κ3) is 2.42. The molecule has 0 bridgehead atoms. The Morgan fingerprint density at radius 1 is 1.11 bits per heavy atom.